The number of pyridine rings is 1. The molecular weight excluding hydrogens is 1250 g/mol. The summed E-state index contributed by atoms with van der Waals surface area (Å²) in [6.07, 6.45) is -0.668. The maximum absolute atomic E-state index is 14.3. The second-order valence-corrected chi connectivity index (χ2v) is 26.3. The van der Waals surface area contributed by atoms with Gasteiger partial charge in [0, 0.05) is 52.7 Å². The zero-order valence-electron chi connectivity index (χ0n) is 47.5. The minimum absolute atomic E-state index is 0.0135. The van der Waals surface area contributed by atoms with E-state index in [0.717, 1.165) is 56.7 Å². The van der Waals surface area contributed by atoms with Crippen LogP contribution < -0.4 is 37.6 Å². The quantitative estimate of drug-likeness (QED) is 0.0742. The van der Waals surface area contributed by atoms with Crippen LogP contribution >= 0.6 is 68.0 Å². The summed E-state index contributed by atoms with van der Waals surface area (Å²) in [7, 11) is 2.91. The molecule has 2 aliphatic heterocycles. The number of nitrogens with two attached hydrogens (primary N) is 1. The first-order valence-electron chi connectivity index (χ1n) is 27.3. The van der Waals surface area contributed by atoms with Gasteiger partial charge in [-0.25, -0.2) is 34.9 Å². The smallest absolute Gasteiger partial charge is 0.271 e. The molecule has 8 amide bonds. The number of hydrogen-bond donors (Lipinski definition) is 9. The highest BCUT2D eigenvalue weighted by atomic mass is 32.1. The van der Waals surface area contributed by atoms with Crippen molar-refractivity contribution in [1.82, 2.24) is 71.7 Å². The Balaban J connectivity index is 1.03. The van der Waals surface area contributed by atoms with Crippen LogP contribution in [0.3, 0.4) is 0 Å². The van der Waals surface area contributed by atoms with E-state index in [0.29, 0.717) is 70.8 Å². The molecule has 1 saturated heterocycles. The Kier molecular flexibility index (Phi) is 19.6. The van der Waals surface area contributed by atoms with Crippen molar-refractivity contribution >= 4 is 115 Å². The van der Waals surface area contributed by atoms with Crippen LogP contribution in [-0.2, 0) is 30.5 Å². The number of carbonyl (C=O) groups excluding carboxylic acids is 8. The van der Waals surface area contributed by atoms with E-state index in [-0.39, 0.29) is 64.0 Å². The molecule has 458 valence electrons. The van der Waals surface area contributed by atoms with E-state index in [2.05, 4.69) is 46.9 Å². The molecule has 2 aliphatic rings. The molecule has 4 unspecified atom stereocenters. The number of aliphatic hydroxyl groups is 2. The first-order chi connectivity index (χ1) is 42.3. The van der Waals surface area contributed by atoms with Crippen LogP contribution in [0.5, 0.6) is 0 Å². The minimum Gasteiger partial charge on any atom is -0.394 e. The summed E-state index contributed by atoms with van der Waals surface area (Å²) in [5.41, 5.74) is 7.64. The minimum atomic E-state index is -1.39. The zero-order valence-corrected chi connectivity index (χ0v) is 52.4. The molecule has 0 saturated carbocycles. The Morgan fingerprint density at radius 1 is 0.750 bits per heavy atom. The molecule has 6 atom stereocenters. The van der Waals surface area contributed by atoms with E-state index in [4.69, 9.17) is 30.4 Å². The average molecular weight is 1310 g/mol. The van der Waals surface area contributed by atoms with Crippen molar-refractivity contribution in [3.8, 4) is 43.4 Å². The molecule has 0 radical (unpaired) electrons. The highest BCUT2D eigenvalue weighted by molar-refractivity contribution is 7.15. The molecule has 32 heteroatoms. The largest absolute Gasteiger partial charge is 0.394 e. The number of ether oxygens (including phenoxy) is 1. The Labute approximate surface area is 525 Å². The van der Waals surface area contributed by atoms with Gasteiger partial charge in [-0.2, -0.15) is 0 Å². The third-order valence-corrected chi connectivity index (χ3v) is 19.9. The standard InChI is InChI=1S/C56H57N15O11S6/c1-24(2)39-55-70-42(36(88-55)19-82-5)48(79)59-17-38(74)67-43(44(75)26-10-7-6-8-11-26)54-66-34(23-86-54)52-63-31(20-84-52)41-27(50-64-32(21-83-50)46(77)61-29(16-37(73)58-4)53-69-40(25(3)87-53)49(80)68-39)13-14-28(60-41)51-65-33(22-85-51)47(78)62-30(18-72)56(81)71-15-9-12-35(71)45(57)76/h6-8,10-11,13-14,20-24,29-30,35,39,43-44,72,75H,9,12,15-19H2,1-5H3,(H2,57,76)(H,58,73)(H,59,79)(H,61,77)(H,62,78)(H,67,74)(H,68,80)/t29?,30-,35-,39?,43?,44?/m1/s1. The van der Waals surface area contributed by atoms with Gasteiger partial charge in [-0.05, 0) is 43.4 Å². The third-order valence-electron chi connectivity index (χ3n) is 14.1. The van der Waals surface area contributed by atoms with E-state index in [1.807, 2.05) is 13.8 Å². The van der Waals surface area contributed by atoms with Crippen molar-refractivity contribution in [3.05, 3.63) is 117 Å². The van der Waals surface area contributed by atoms with Gasteiger partial charge in [0.05, 0.1) is 48.8 Å². The van der Waals surface area contributed by atoms with Gasteiger partial charge >= 0.3 is 0 Å². The van der Waals surface area contributed by atoms with E-state index in [1.165, 1.54) is 41.2 Å². The monoisotopic (exact) mass is 1310 g/mol. The SMILES string of the molecule is CNC(=O)CC1NC(=O)c2csc(n2)-c2ccc(-c3nc(C(=O)N[C@H](CO)C(=O)N4CCC[C@@H]4C(N)=O)cs3)nc2-c2csc(n2)-c2csc(n2)C(C(O)c2ccccc2)NC(=O)CNC(=O)c2nc(sc2COC)C(C(C)C)NC(=O)c2nc1sc2C. The lowest BCUT2D eigenvalue weighted by Gasteiger charge is -2.26. The number of rotatable bonds is 13. The summed E-state index contributed by atoms with van der Waals surface area (Å²) in [5.74, 6) is -5.40. The Morgan fingerprint density at radius 2 is 1.47 bits per heavy atom. The average Bonchev–Trinajstić information content (AvgIpc) is 3.07. The number of benzene rings is 1. The van der Waals surface area contributed by atoms with Crippen molar-refractivity contribution in [2.24, 2.45) is 11.7 Å². The summed E-state index contributed by atoms with van der Waals surface area (Å²) < 4.78 is 5.45. The number of fused-ring (bicyclic) bond motifs is 14. The second kappa shape index (κ2) is 27.5. The summed E-state index contributed by atoms with van der Waals surface area (Å²) in [4.78, 5) is 144. The van der Waals surface area contributed by atoms with Crippen LogP contribution in [0.4, 0.5) is 0 Å². The van der Waals surface area contributed by atoms with Gasteiger partial charge in [-0.1, -0.05) is 44.2 Å². The molecule has 0 aliphatic carbocycles. The molecule has 9 heterocycles. The number of likely N-dealkylation sites (tertiary alicyclic amines) is 1. The van der Waals surface area contributed by atoms with E-state index < -0.39 is 96.7 Å². The van der Waals surface area contributed by atoms with Gasteiger partial charge in [-0.3, -0.25) is 38.4 Å². The number of methoxy groups -OCH3 is 1. The highest BCUT2D eigenvalue weighted by Crippen LogP contribution is 2.40. The molecule has 10 bridgehead atoms. The van der Waals surface area contributed by atoms with Gasteiger partial charge < -0.3 is 57.5 Å². The third kappa shape index (κ3) is 13.7. The number of amides is 8. The molecular formula is C56H57N15O11S6. The number of nitrogens with zero attached hydrogens (tertiary/aromatic N) is 8. The number of aliphatic hydroxyl groups excluding tert-OH is 2. The number of hydrogen-bond acceptors (Lipinski definition) is 24. The first-order valence-corrected chi connectivity index (χ1v) is 32.4. The number of aryl methyl sites for hydroxylation is 1. The normalized spacial score (nSPS) is 18.2. The number of nitrogens with one attached hydrogen (secondary N) is 6. The molecule has 10 N–H and O–H groups in total. The number of thiazole rings is 6. The molecule has 1 aromatic carbocycles. The van der Waals surface area contributed by atoms with Crippen LogP contribution in [0.15, 0.2) is 64.0 Å². The fourth-order valence-corrected chi connectivity index (χ4v) is 15.2. The maximum atomic E-state index is 14.3. The fraction of sp³-hybridized carbons (Fsp3) is 0.339. The number of carbonyl (C=O) groups is 8. The van der Waals surface area contributed by atoms with Crippen molar-refractivity contribution in [1.29, 1.82) is 0 Å². The van der Waals surface area contributed by atoms with E-state index >= 15 is 0 Å². The Bertz CT molecular complexity index is 3950. The predicted molar refractivity (Wildman–Crippen MR) is 329 cm³/mol. The van der Waals surface area contributed by atoms with Crippen molar-refractivity contribution < 1.29 is 53.3 Å². The topological polar surface area (TPSA) is 378 Å². The first kappa shape index (κ1) is 62.8. The van der Waals surface area contributed by atoms with Gasteiger partial charge in [-0.15, -0.1) is 68.0 Å². The lowest BCUT2D eigenvalue weighted by atomic mass is 10.0. The van der Waals surface area contributed by atoms with Crippen molar-refractivity contribution in [2.45, 2.75) is 83.0 Å². The van der Waals surface area contributed by atoms with Gasteiger partial charge in [0.25, 0.3) is 23.6 Å². The fourth-order valence-electron chi connectivity index (χ4n) is 9.63. The molecule has 10 rings (SSSR count). The van der Waals surface area contributed by atoms with Crippen LogP contribution in [-0.4, -0.2) is 143 Å². The van der Waals surface area contributed by atoms with Crippen LogP contribution in [0.25, 0.3) is 43.4 Å². The van der Waals surface area contributed by atoms with Crippen molar-refractivity contribution in [2.75, 3.05) is 33.9 Å². The summed E-state index contributed by atoms with van der Waals surface area (Å²) in [5, 5.41) is 47.1. The van der Waals surface area contributed by atoms with Crippen LogP contribution in [0, 0.1) is 12.8 Å². The highest BCUT2D eigenvalue weighted by Gasteiger charge is 2.38. The van der Waals surface area contributed by atoms with Crippen molar-refractivity contribution in [3.63, 3.8) is 0 Å². The summed E-state index contributed by atoms with van der Waals surface area (Å²) in [6.45, 7) is 4.36. The molecule has 88 heavy (non-hydrogen) atoms. The molecule has 1 fully saturated rings. The Hall–Kier alpha value is -8.21. The molecule has 0 spiro atoms. The van der Waals surface area contributed by atoms with Gasteiger partial charge in [0.2, 0.25) is 23.6 Å². The van der Waals surface area contributed by atoms with E-state index in [1.54, 1.807) is 60.1 Å². The molecule has 7 aromatic heterocycles. The maximum Gasteiger partial charge on any atom is 0.271 e. The van der Waals surface area contributed by atoms with Gasteiger partial charge in [0.1, 0.15) is 94.1 Å². The van der Waals surface area contributed by atoms with E-state index in [9.17, 15) is 48.6 Å². The Morgan fingerprint density at radius 3 is 2.20 bits per heavy atom. The summed E-state index contributed by atoms with van der Waals surface area (Å²) >= 11 is 6.85. The molecule has 8 aromatic rings. The number of aromatic nitrogens is 7. The van der Waals surface area contributed by atoms with Gasteiger partial charge in [0.15, 0.2) is 0 Å². The summed E-state index contributed by atoms with van der Waals surface area (Å²) in [6, 6.07) is 6.90. The lowest BCUT2D eigenvalue weighted by Crippen LogP contribution is -2.54. The molecule has 26 nitrogen and oxygen atoms in total. The van der Waals surface area contributed by atoms with Crippen LogP contribution in [0.1, 0.15) is 130 Å². The zero-order chi connectivity index (χ0) is 62.5. The van der Waals surface area contributed by atoms with Crippen LogP contribution in [0.2, 0.25) is 0 Å². The second-order valence-electron chi connectivity index (χ2n) is 20.5. The predicted octanol–water partition coefficient (Wildman–Crippen LogP) is 4.88. The number of primary amides is 1. The lowest BCUT2D eigenvalue weighted by molar-refractivity contribution is -0.139.